The minimum absolute atomic E-state index is 0.104. The second kappa shape index (κ2) is 16.9. The summed E-state index contributed by atoms with van der Waals surface area (Å²) >= 11 is 0. The maximum atomic E-state index is 13.7. The van der Waals surface area contributed by atoms with Crippen molar-refractivity contribution >= 4 is 23.9 Å². The van der Waals surface area contributed by atoms with E-state index in [1.54, 1.807) is 6.92 Å². The van der Waals surface area contributed by atoms with Crippen LogP contribution >= 0.6 is 0 Å². The molecular formula is C37H57NO10. The van der Waals surface area contributed by atoms with Crippen molar-refractivity contribution in [1.82, 2.24) is 0 Å². The van der Waals surface area contributed by atoms with Crippen LogP contribution in [-0.4, -0.2) is 40.1 Å². The molecule has 2 aliphatic rings. The van der Waals surface area contributed by atoms with Crippen molar-refractivity contribution in [3.05, 3.63) is 22.3 Å². The van der Waals surface area contributed by atoms with Crippen LogP contribution in [0.2, 0.25) is 0 Å². The van der Waals surface area contributed by atoms with Gasteiger partial charge in [-0.25, -0.2) is 38.7 Å². The lowest BCUT2D eigenvalue weighted by atomic mass is 9.65. The van der Waals surface area contributed by atoms with Crippen LogP contribution in [0.5, 0.6) is 11.5 Å². The highest BCUT2D eigenvalue weighted by atomic mass is 17.2. The molecule has 0 aromatic heterocycles. The quantitative estimate of drug-likeness (QED) is 0.208. The molecule has 2 heterocycles. The Kier molecular flexibility index (Phi) is 13.7. The number of carbonyl (C=O) groups excluding carboxylic acids is 4. The van der Waals surface area contributed by atoms with E-state index in [1.165, 1.54) is 25.7 Å². The minimum atomic E-state index is -2.13. The number of hydrogen-bond donors (Lipinski definition) is 2. The fourth-order valence-corrected chi connectivity index (χ4v) is 7.16. The molecule has 1 aromatic carbocycles. The molecule has 2 aliphatic heterocycles. The van der Waals surface area contributed by atoms with E-state index >= 15 is 0 Å². The molecular weight excluding hydrogens is 618 g/mol. The van der Waals surface area contributed by atoms with Gasteiger partial charge in [-0.1, -0.05) is 72.6 Å². The van der Waals surface area contributed by atoms with Crippen molar-refractivity contribution in [1.29, 1.82) is 0 Å². The molecule has 11 heteroatoms. The van der Waals surface area contributed by atoms with Crippen LogP contribution in [0.3, 0.4) is 0 Å². The van der Waals surface area contributed by atoms with Gasteiger partial charge in [0.05, 0.1) is 19.3 Å². The van der Waals surface area contributed by atoms with Crippen molar-refractivity contribution in [2.45, 2.75) is 150 Å². The zero-order valence-electron chi connectivity index (χ0n) is 30.2. The van der Waals surface area contributed by atoms with Gasteiger partial charge in [0.2, 0.25) is 0 Å². The summed E-state index contributed by atoms with van der Waals surface area (Å²) in [7, 11) is 0. The van der Waals surface area contributed by atoms with Crippen molar-refractivity contribution in [3.8, 4) is 11.5 Å². The number of aromatic hydroxyl groups is 1. The Morgan fingerprint density at radius 3 is 1.85 bits per heavy atom. The lowest BCUT2D eigenvalue weighted by Gasteiger charge is -2.49. The van der Waals surface area contributed by atoms with Crippen molar-refractivity contribution in [3.63, 3.8) is 0 Å². The van der Waals surface area contributed by atoms with Crippen LogP contribution in [-0.2, 0) is 45.1 Å². The summed E-state index contributed by atoms with van der Waals surface area (Å²) in [4.78, 5) is 69.6. The highest BCUT2D eigenvalue weighted by Gasteiger charge is 2.58. The van der Waals surface area contributed by atoms with E-state index in [-0.39, 0.29) is 12.2 Å². The van der Waals surface area contributed by atoms with Crippen LogP contribution in [0.15, 0.2) is 0 Å². The van der Waals surface area contributed by atoms with Gasteiger partial charge in [-0.3, -0.25) is 0 Å². The Morgan fingerprint density at radius 1 is 0.750 bits per heavy atom. The Hall–Kier alpha value is -3.34. The first-order valence-corrected chi connectivity index (χ1v) is 17.6. The number of nitrogens with two attached hydrogens (primary N) is 1. The van der Waals surface area contributed by atoms with Crippen LogP contribution < -0.4 is 10.5 Å². The summed E-state index contributed by atoms with van der Waals surface area (Å²) in [6.45, 7) is 16.4. The first kappa shape index (κ1) is 39.1. The minimum Gasteiger partial charge on any atom is -0.507 e. The van der Waals surface area contributed by atoms with Crippen molar-refractivity contribution < 1.29 is 48.6 Å². The molecule has 0 aliphatic carbocycles. The van der Waals surface area contributed by atoms with E-state index in [1.807, 2.05) is 20.8 Å². The van der Waals surface area contributed by atoms with Gasteiger partial charge in [0.15, 0.2) is 0 Å². The largest absolute Gasteiger partial charge is 0.507 e. The number of rotatable bonds is 13. The second-order valence-corrected chi connectivity index (χ2v) is 15.0. The summed E-state index contributed by atoms with van der Waals surface area (Å²) in [6, 6.07) is 0. The van der Waals surface area contributed by atoms with E-state index in [0.29, 0.717) is 40.7 Å². The maximum Gasteiger partial charge on any atom is 0.376 e. The number of hydrogen-bond acceptors (Lipinski definition) is 11. The van der Waals surface area contributed by atoms with E-state index in [0.717, 1.165) is 37.2 Å². The molecule has 5 atom stereocenters. The summed E-state index contributed by atoms with van der Waals surface area (Å²) in [5, 5.41) is 10.9. The Labute approximate surface area is 285 Å². The molecule has 0 bridgehead atoms. The lowest BCUT2D eigenvalue weighted by Crippen LogP contribution is -2.65. The van der Waals surface area contributed by atoms with Gasteiger partial charge in [-0.05, 0) is 81.4 Å². The summed E-state index contributed by atoms with van der Waals surface area (Å²) in [5.74, 6) is -2.48. The Balaban J connectivity index is 1.86. The van der Waals surface area contributed by atoms with Crippen molar-refractivity contribution in [2.24, 2.45) is 29.4 Å². The SMILES string of the molecule is Cc1c(C)c2c(c(C)c1O)CC(C1(N)CC(=O)OOC(=O)CCC(=O)OOC1=O)[C@](C)(CCC[C@H](C)CCC[C@@H](C)CCCC(C)C)O2. The number of fused-ring (bicyclic) bond motifs is 1. The lowest BCUT2D eigenvalue weighted by molar-refractivity contribution is -0.274. The molecule has 3 rings (SSSR count). The molecule has 0 spiro atoms. The zero-order chi connectivity index (χ0) is 35.8. The predicted octanol–water partition coefficient (Wildman–Crippen LogP) is 6.95. The molecule has 11 nitrogen and oxygen atoms in total. The Morgan fingerprint density at radius 2 is 1.27 bits per heavy atom. The van der Waals surface area contributed by atoms with Gasteiger partial charge in [0, 0.05) is 11.5 Å². The average Bonchev–Trinajstić information content (AvgIpc) is 3.02. The number of phenolic OH excluding ortho intramolecular Hbond substituents is 1. The summed E-state index contributed by atoms with van der Waals surface area (Å²) < 4.78 is 6.80. The van der Waals surface area contributed by atoms with E-state index in [4.69, 9.17) is 25.1 Å². The first-order valence-electron chi connectivity index (χ1n) is 17.6. The standard InChI is InChI=1S/C37H57NO10/c1-22(2)12-9-13-23(3)14-10-15-24(4)16-11-19-36(8)29(20-28-27(7)33(42)25(5)26(6)34(28)44-36)37(38)21-32(41)47-45-30(39)17-18-31(40)46-48-35(37)43/h22-24,29,42H,9-21,38H2,1-8H3/t23-,24+,29?,36-,37?/m0/s1. The molecule has 0 radical (unpaired) electrons. The van der Waals surface area contributed by atoms with Gasteiger partial charge in [0.25, 0.3) is 0 Å². The fourth-order valence-electron chi connectivity index (χ4n) is 7.16. The van der Waals surface area contributed by atoms with Gasteiger partial charge in [-0.15, -0.1) is 0 Å². The van der Waals surface area contributed by atoms with E-state index < -0.39 is 60.2 Å². The maximum absolute atomic E-state index is 13.7. The molecule has 1 aromatic rings. The third-order valence-electron chi connectivity index (χ3n) is 10.5. The molecule has 2 unspecified atom stereocenters. The van der Waals surface area contributed by atoms with E-state index in [9.17, 15) is 24.3 Å². The van der Waals surface area contributed by atoms with Gasteiger partial charge < -0.3 is 15.6 Å². The summed E-state index contributed by atoms with van der Waals surface area (Å²) in [5.41, 5.74) is 6.29. The third kappa shape index (κ3) is 9.86. The normalized spacial score (nSPS) is 25.0. The van der Waals surface area contributed by atoms with Crippen LogP contribution in [0.4, 0.5) is 0 Å². The Bertz CT molecular complexity index is 1330. The number of phenols is 1. The summed E-state index contributed by atoms with van der Waals surface area (Å²) in [6.07, 6.45) is 7.94. The molecule has 3 N–H and O–H groups in total. The molecule has 1 saturated heterocycles. The van der Waals surface area contributed by atoms with Crippen LogP contribution in [0.1, 0.15) is 134 Å². The second-order valence-electron chi connectivity index (χ2n) is 15.0. The third-order valence-corrected chi connectivity index (χ3v) is 10.5. The number of carbonyl (C=O) groups is 4. The monoisotopic (exact) mass is 675 g/mol. The van der Waals surface area contributed by atoms with Gasteiger partial charge in [0.1, 0.15) is 22.6 Å². The number of benzene rings is 1. The molecule has 1 fully saturated rings. The molecule has 48 heavy (non-hydrogen) atoms. The molecule has 0 saturated carbocycles. The van der Waals surface area contributed by atoms with Crippen LogP contribution in [0, 0.1) is 44.4 Å². The fraction of sp³-hybridized carbons (Fsp3) is 0.730. The smallest absolute Gasteiger partial charge is 0.376 e. The number of ether oxygens (including phenoxy) is 1. The highest BCUT2D eigenvalue weighted by molar-refractivity contribution is 5.88. The van der Waals surface area contributed by atoms with Crippen LogP contribution in [0.25, 0.3) is 0 Å². The van der Waals surface area contributed by atoms with E-state index in [2.05, 4.69) is 32.6 Å². The molecule has 0 amide bonds. The highest BCUT2D eigenvalue weighted by Crippen LogP contribution is 2.50. The molecule has 270 valence electrons. The first-order chi connectivity index (χ1) is 22.5. The topological polar surface area (TPSA) is 161 Å². The van der Waals surface area contributed by atoms with Gasteiger partial charge in [-0.2, -0.15) is 0 Å². The average molecular weight is 676 g/mol. The van der Waals surface area contributed by atoms with Gasteiger partial charge >= 0.3 is 23.9 Å². The predicted molar refractivity (Wildman–Crippen MR) is 178 cm³/mol. The zero-order valence-corrected chi connectivity index (χ0v) is 30.2. The van der Waals surface area contributed by atoms with Crippen molar-refractivity contribution in [2.75, 3.05) is 0 Å².